The molecule has 3 N–H and O–H groups in total. The van der Waals surface area contributed by atoms with Crippen molar-refractivity contribution in [1.29, 1.82) is 0 Å². The molecule has 110 valence electrons. The molecule has 0 radical (unpaired) electrons. The van der Waals surface area contributed by atoms with Gasteiger partial charge in [0.05, 0.1) is 0 Å². The van der Waals surface area contributed by atoms with Crippen molar-refractivity contribution in [3.63, 3.8) is 0 Å². The van der Waals surface area contributed by atoms with Crippen molar-refractivity contribution in [2.45, 2.75) is 32.1 Å². The first kappa shape index (κ1) is 14.8. The third-order valence-corrected chi connectivity index (χ3v) is 4.06. The van der Waals surface area contributed by atoms with Gasteiger partial charge in [0.15, 0.2) is 5.69 Å². The average molecular weight is 278 g/mol. The van der Waals surface area contributed by atoms with Crippen molar-refractivity contribution >= 4 is 11.8 Å². The maximum atomic E-state index is 10.9. The minimum atomic E-state index is -1.03. The SMILES string of the molecule is O=C(O)c1cccc(NCC(CO)C2CCCCC2)n1. The summed E-state index contributed by atoms with van der Waals surface area (Å²) in [6, 6.07) is 4.90. The topological polar surface area (TPSA) is 82.5 Å². The first-order valence-electron chi connectivity index (χ1n) is 7.26. The van der Waals surface area contributed by atoms with E-state index in [2.05, 4.69) is 10.3 Å². The van der Waals surface area contributed by atoms with E-state index in [0.29, 0.717) is 18.3 Å². The van der Waals surface area contributed by atoms with Gasteiger partial charge in [-0.25, -0.2) is 9.78 Å². The van der Waals surface area contributed by atoms with Crippen LogP contribution in [0.5, 0.6) is 0 Å². The van der Waals surface area contributed by atoms with Crippen LogP contribution in [0.15, 0.2) is 18.2 Å². The van der Waals surface area contributed by atoms with Gasteiger partial charge in [0.25, 0.3) is 0 Å². The van der Waals surface area contributed by atoms with Crippen molar-refractivity contribution in [2.75, 3.05) is 18.5 Å². The first-order chi connectivity index (χ1) is 9.70. The summed E-state index contributed by atoms with van der Waals surface area (Å²) in [6.45, 7) is 0.799. The molecule has 1 unspecified atom stereocenters. The Labute approximate surface area is 119 Å². The Hall–Kier alpha value is -1.62. The molecular weight excluding hydrogens is 256 g/mol. The molecule has 0 spiro atoms. The first-order valence-corrected chi connectivity index (χ1v) is 7.26. The Kier molecular flexibility index (Phi) is 5.35. The number of hydrogen-bond donors (Lipinski definition) is 3. The number of nitrogens with one attached hydrogen (secondary N) is 1. The predicted octanol–water partition coefficient (Wildman–Crippen LogP) is 2.38. The third kappa shape index (κ3) is 3.93. The van der Waals surface area contributed by atoms with E-state index < -0.39 is 5.97 Å². The highest BCUT2D eigenvalue weighted by molar-refractivity contribution is 5.85. The highest BCUT2D eigenvalue weighted by atomic mass is 16.4. The van der Waals surface area contributed by atoms with Gasteiger partial charge in [0.1, 0.15) is 5.82 Å². The summed E-state index contributed by atoms with van der Waals surface area (Å²) in [7, 11) is 0. The molecule has 0 bridgehead atoms. The van der Waals surface area contributed by atoms with Gasteiger partial charge >= 0.3 is 5.97 Å². The molecule has 5 nitrogen and oxygen atoms in total. The predicted molar refractivity (Wildman–Crippen MR) is 76.8 cm³/mol. The fourth-order valence-electron chi connectivity index (χ4n) is 2.87. The maximum absolute atomic E-state index is 10.9. The summed E-state index contributed by atoms with van der Waals surface area (Å²) < 4.78 is 0. The van der Waals surface area contributed by atoms with Crippen LogP contribution in [0, 0.1) is 11.8 Å². The van der Waals surface area contributed by atoms with Crippen molar-refractivity contribution in [2.24, 2.45) is 11.8 Å². The lowest BCUT2D eigenvalue weighted by Crippen LogP contribution is -2.28. The van der Waals surface area contributed by atoms with Gasteiger partial charge < -0.3 is 15.5 Å². The number of hydrogen-bond acceptors (Lipinski definition) is 4. The minimum Gasteiger partial charge on any atom is -0.477 e. The molecule has 5 heteroatoms. The molecule has 1 fully saturated rings. The molecule has 0 saturated heterocycles. The number of aromatic carboxylic acids is 1. The minimum absolute atomic E-state index is 0.0354. The monoisotopic (exact) mass is 278 g/mol. The van der Waals surface area contributed by atoms with Crippen LogP contribution < -0.4 is 5.32 Å². The van der Waals surface area contributed by atoms with Gasteiger partial charge in [0.2, 0.25) is 0 Å². The molecule has 0 aromatic carbocycles. The van der Waals surface area contributed by atoms with Crippen LogP contribution in [0.3, 0.4) is 0 Å². The van der Waals surface area contributed by atoms with Gasteiger partial charge in [-0.05, 0) is 18.1 Å². The number of aliphatic hydroxyl groups excluding tert-OH is 1. The van der Waals surface area contributed by atoms with Crippen LogP contribution in [-0.2, 0) is 0 Å². The summed E-state index contributed by atoms with van der Waals surface area (Å²) in [6.07, 6.45) is 6.14. The molecule has 1 atom stereocenters. The second kappa shape index (κ2) is 7.24. The Balaban J connectivity index is 1.92. The molecule has 0 aliphatic heterocycles. The van der Waals surface area contributed by atoms with Gasteiger partial charge in [-0.15, -0.1) is 0 Å². The molecule has 0 amide bonds. The van der Waals surface area contributed by atoms with Crippen LogP contribution in [0.4, 0.5) is 5.82 Å². The number of aromatic nitrogens is 1. The summed E-state index contributed by atoms with van der Waals surface area (Å²) in [4.78, 5) is 14.9. The van der Waals surface area contributed by atoms with E-state index in [1.165, 1.54) is 38.2 Å². The highest BCUT2D eigenvalue weighted by Crippen LogP contribution is 2.30. The second-order valence-electron chi connectivity index (χ2n) is 5.43. The molecular formula is C15H22N2O3. The molecule has 1 aliphatic rings. The Morgan fingerprint density at radius 3 is 2.75 bits per heavy atom. The molecule has 1 aliphatic carbocycles. The molecule has 1 saturated carbocycles. The lowest BCUT2D eigenvalue weighted by molar-refractivity contribution is 0.0690. The van der Waals surface area contributed by atoms with E-state index in [4.69, 9.17) is 5.11 Å². The largest absolute Gasteiger partial charge is 0.477 e. The van der Waals surface area contributed by atoms with E-state index in [0.717, 1.165) is 0 Å². The van der Waals surface area contributed by atoms with Gasteiger partial charge in [-0.2, -0.15) is 0 Å². The average Bonchev–Trinajstić information content (AvgIpc) is 2.49. The maximum Gasteiger partial charge on any atom is 0.354 e. The highest BCUT2D eigenvalue weighted by Gasteiger charge is 2.22. The Bertz CT molecular complexity index is 444. The van der Waals surface area contributed by atoms with Crippen LogP contribution in [-0.4, -0.2) is 34.3 Å². The zero-order valence-corrected chi connectivity index (χ0v) is 11.6. The van der Waals surface area contributed by atoms with Gasteiger partial charge in [-0.3, -0.25) is 0 Å². The molecule has 1 heterocycles. The van der Waals surface area contributed by atoms with E-state index in [1.807, 2.05) is 0 Å². The smallest absolute Gasteiger partial charge is 0.354 e. The normalized spacial score (nSPS) is 17.6. The zero-order chi connectivity index (χ0) is 14.4. The van der Waals surface area contributed by atoms with E-state index in [9.17, 15) is 9.90 Å². The summed E-state index contributed by atoms with van der Waals surface area (Å²) >= 11 is 0. The molecule has 2 rings (SSSR count). The third-order valence-electron chi connectivity index (χ3n) is 4.06. The number of carbonyl (C=O) groups is 1. The summed E-state index contributed by atoms with van der Waals surface area (Å²) in [5.74, 6) is 0.299. The van der Waals surface area contributed by atoms with Crippen LogP contribution in [0.25, 0.3) is 0 Å². The van der Waals surface area contributed by atoms with Gasteiger partial charge in [0, 0.05) is 19.1 Å². The van der Waals surface area contributed by atoms with Crippen LogP contribution >= 0.6 is 0 Å². The number of carboxylic acids is 1. The van der Waals surface area contributed by atoms with Crippen LogP contribution in [0.2, 0.25) is 0 Å². The summed E-state index contributed by atoms with van der Waals surface area (Å²) in [5, 5.41) is 21.6. The van der Waals surface area contributed by atoms with Crippen molar-refractivity contribution in [3.05, 3.63) is 23.9 Å². The molecule has 1 aromatic rings. The number of anilines is 1. The van der Waals surface area contributed by atoms with Gasteiger partial charge in [-0.1, -0.05) is 38.2 Å². The van der Waals surface area contributed by atoms with Crippen molar-refractivity contribution in [1.82, 2.24) is 4.98 Å². The van der Waals surface area contributed by atoms with E-state index >= 15 is 0 Å². The summed E-state index contributed by atoms with van der Waals surface area (Å²) in [5.41, 5.74) is 0.0354. The lowest BCUT2D eigenvalue weighted by atomic mass is 9.80. The number of carboxylic acid groups (broad SMARTS) is 1. The van der Waals surface area contributed by atoms with Crippen molar-refractivity contribution in [3.8, 4) is 0 Å². The van der Waals surface area contributed by atoms with E-state index in [1.54, 1.807) is 12.1 Å². The van der Waals surface area contributed by atoms with Crippen molar-refractivity contribution < 1.29 is 15.0 Å². The fraction of sp³-hybridized carbons (Fsp3) is 0.600. The van der Waals surface area contributed by atoms with E-state index in [-0.39, 0.29) is 18.2 Å². The van der Waals surface area contributed by atoms with Crippen LogP contribution in [0.1, 0.15) is 42.6 Å². The standard InChI is InChI=1S/C15H22N2O3/c18-10-12(11-5-2-1-3-6-11)9-16-14-8-4-7-13(17-14)15(19)20/h4,7-8,11-12,18H,1-3,5-6,9-10H2,(H,16,17)(H,19,20). The number of aliphatic hydroxyl groups is 1. The Morgan fingerprint density at radius 1 is 1.35 bits per heavy atom. The quantitative estimate of drug-likeness (QED) is 0.744. The lowest BCUT2D eigenvalue weighted by Gasteiger charge is -2.29. The number of rotatable bonds is 6. The Morgan fingerprint density at radius 2 is 2.10 bits per heavy atom. The fourth-order valence-corrected chi connectivity index (χ4v) is 2.87. The molecule has 1 aromatic heterocycles. The zero-order valence-electron chi connectivity index (χ0n) is 11.6. The number of nitrogens with zero attached hydrogens (tertiary/aromatic N) is 1. The molecule has 20 heavy (non-hydrogen) atoms. The second-order valence-corrected chi connectivity index (χ2v) is 5.43. The number of pyridine rings is 1.